The molecule has 0 aliphatic rings. The second kappa shape index (κ2) is 7.47. The Kier molecular flexibility index (Phi) is 5.61. The highest BCUT2D eigenvalue weighted by molar-refractivity contribution is 7.80. The number of thiocarbonyl (C=S) groups is 1. The van der Waals surface area contributed by atoms with Crippen molar-refractivity contribution in [3.63, 3.8) is 0 Å². The van der Waals surface area contributed by atoms with Crippen LogP contribution in [-0.2, 0) is 0 Å². The molecule has 0 fully saturated rings. The fourth-order valence-electron chi connectivity index (χ4n) is 2.45. The van der Waals surface area contributed by atoms with E-state index in [2.05, 4.69) is 56.5 Å². The van der Waals surface area contributed by atoms with Gasteiger partial charge in [0.1, 0.15) is 5.75 Å². The molecule has 0 aliphatic carbocycles. The number of hydrogen-bond acceptors (Lipinski definition) is 2. The van der Waals surface area contributed by atoms with E-state index in [1.807, 2.05) is 18.2 Å². The van der Waals surface area contributed by atoms with Crippen LogP contribution < -0.4 is 15.4 Å². The van der Waals surface area contributed by atoms with E-state index in [-0.39, 0.29) is 6.04 Å². The quantitative estimate of drug-likeness (QED) is 0.799. The smallest absolute Gasteiger partial charge is 0.171 e. The van der Waals surface area contributed by atoms with Gasteiger partial charge < -0.3 is 15.4 Å². The molecule has 2 aromatic rings. The van der Waals surface area contributed by atoms with Gasteiger partial charge >= 0.3 is 0 Å². The van der Waals surface area contributed by atoms with Crippen molar-refractivity contribution >= 4 is 23.0 Å². The zero-order valence-electron chi connectivity index (χ0n) is 14.4. The largest absolute Gasteiger partial charge is 0.496 e. The molecule has 0 heterocycles. The molecular weight excluding hydrogens is 304 g/mol. The van der Waals surface area contributed by atoms with Gasteiger partial charge in [-0.3, -0.25) is 0 Å². The lowest BCUT2D eigenvalue weighted by molar-refractivity contribution is 0.405. The van der Waals surface area contributed by atoms with Gasteiger partial charge in [0.15, 0.2) is 5.11 Å². The molecule has 0 saturated carbocycles. The summed E-state index contributed by atoms with van der Waals surface area (Å²) in [6.07, 6.45) is 0. The zero-order chi connectivity index (χ0) is 17.0. The first-order valence-electron chi connectivity index (χ1n) is 7.70. The van der Waals surface area contributed by atoms with Crippen LogP contribution in [0.3, 0.4) is 0 Å². The zero-order valence-corrected chi connectivity index (χ0v) is 15.2. The monoisotopic (exact) mass is 328 g/mol. The van der Waals surface area contributed by atoms with Crippen LogP contribution in [0, 0.1) is 20.8 Å². The maximum absolute atomic E-state index is 5.45. The van der Waals surface area contributed by atoms with Crippen molar-refractivity contribution in [2.75, 3.05) is 12.4 Å². The van der Waals surface area contributed by atoms with Gasteiger partial charge in [0.2, 0.25) is 0 Å². The van der Waals surface area contributed by atoms with Crippen LogP contribution in [0.2, 0.25) is 0 Å². The number of benzene rings is 2. The molecule has 2 N–H and O–H groups in total. The third-order valence-corrected chi connectivity index (χ3v) is 4.18. The minimum Gasteiger partial charge on any atom is -0.496 e. The van der Waals surface area contributed by atoms with E-state index < -0.39 is 0 Å². The van der Waals surface area contributed by atoms with E-state index in [9.17, 15) is 0 Å². The van der Waals surface area contributed by atoms with Gasteiger partial charge in [-0.2, -0.15) is 0 Å². The molecule has 0 aromatic heterocycles. The Balaban J connectivity index is 2.07. The number of anilines is 1. The Bertz CT molecular complexity index is 713. The first-order valence-corrected chi connectivity index (χ1v) is 8.11. The van der Waals surface area contributed by atoms with Crippen LogP contribution in [0.15, 0.2) is 36.4 Å². The third kappa shape index (κ3) is 4.45. The molecule has 1 atom stereocenters. The molecule has 23 heavy (non-hydrogen) atoms. The van der Waals surface area contributed by atoms with E-state index >= 15 is 0 Å². The van der Waals surface area contributed by atoms with Crippen LogP contribution in [0.5, 0.6) is 5.75 Å². The Morgan fingerprint density at radius 3 is 2.43 bits per heavy atom. The van der Waals surface area contributed by atoms with Crippen molar-refractivity contribution in [1.29, 1.82) is 0 Å². The van der Waals surface area contributed by atoms with Crippen molar-refractivity contribution in [2.45, 2.75) is 33.7 Å². The number of ether oxygens (including phenoxy) is 1. The Morgan fingerprint density at radius 2 is 1.78 bits per heavy atom. The van der Waals surface area contributed by atoms with E-state index in [1.165, 1.54) is 16.7 Å². The first-order chi connectivity index (χ1) is 10.9. The summed E-state index contributed by atoms with van der Waals surface area (Å²) in [5.74, 6) is 0.865. The number of aryl methyl sites for hydroxylation is 3. The predicted octanol–water partition coefficient (Wildman–Crippen LogP) is 4.67. The lowest BCUT2D eigenvalue weighted by Gasteiger charge is -2.20. The molecule has 0 saturated heterocycles. The molecule has 0 bridgehead atoms. The van der Waals surface area contributed by atoms with Crippen molar-refractivity contribution < 1.29 is 4.74 Å². The minimum absolute atomic E-state index is 0.0522. The molecule has 2 aromatic carbocycles. The second-order valence-electron chi connectivity index (χ2n) is 5.86. The summed E-state index contributed by atoms with van der Waals surface area (Å²) >= 11 is 5.44. The summed E-state index contributed by atoms with van der Waals surface area (Å²) in [4.78, 5) is 0. The van der Waals surface area contributed by atoms with Gasteiger partial charge in [0.05, 0.1) is 13.2 Å². The van der Waals surface area contributed by atoms with Crippen molar-refractivity contribution in [3.05, 3.63) is 58.7 Å². The molecule has 0 radical (unpaired) electrons. The Morgan fingerprint density at radius 1 is 1.04 bits per heavy atom. The van der Waals surface area contributed by atoms with Gasteiger partial charge in [0.25, 0.3) is 0 Å². The van der Waals surface area contributed by atoms with Crippen molar-refractivity contribution in [1.82, 2.24) is 5.32 Å². The molecule has 0 amide bonds. The van der Waals surface area contributed by atoms with Crippen LogP contribution in [0.25, 0.3) is 0 Å². The van der Waals surface area contributed by atoms with Crippen molar-refractivity contribution in [2.24, 2.45) is 0 Å². The van der Waals surface area contributed by atoms with E-state index in [0.29, 0.717) is 5.11 Å². The highest BCUT2D eigenvalue weighted by atomic mass is 32.1. The molecule has 2 rings (SSSR count). The van der Waals surface area contributed by atoms with E-state index in [0.717, 1.165) is 17.0 Å². The number of nitrogens with one attached hydrogen (secondary N) is 2. The molecule has 3 nitrogen and oxygen atoms in total. The van der Waals surface area contributed by atoms with Crippen LogP contribution >= 0.6 is 12.2 Å². The topological polar surface area (TPSA) is 33.3 Å². The second-order valence-corrected chi connectivity index (χ2v) is 6.27. The van der Waals surface area contributed by atoms with Gasteiger partial charge in [-0.1, -0.05) is 23.8 Å². The summed E-state index contributed by atoms with van der Waals surface area (Å²) in [7, 11) is 1.69. The SMILES string of the molecule is COc1ccc(C)cc1[C@@H](C)NC(=S)Nc1ccc(C)c(C)c1. The molecule has 0 unspecified atom stereocenters. The first kappa shape index (κ1) is 17.3. The molecule has 122 valence electrons. The standard InChI is InChI=1S/C19H24N2OS/c1-12-6-9-18(22-5)17(10-12)15(4)20-19(23)21-16-8-7-13(2)14(3)11-16/h6-11,15H,1-5H3,(H2,20,21,23)/t15-/m1/s1. The highest BCUT2D eigenvalue weighted by Crippen LogP contribution is 2.26. The van der Waals surface area contributed by atoms with Gasteiger partial charge in [-0.05, 0) is 69.2 Å². The Hall–Kier alpha value is -2.07. The maximum Gasteiger partial charge on any atom is 0.171 e. The van der Waals surface area contributed by atoms with Crippen LogP contribution in [0.4, 0.5) is 5.69 Å². The lowest BCUT2D eigenvalue weighted by Crippen LogP contribution is -2.31. The van der Waals surface area contributed by atoms with Crippen molar-refractivity contribution in [3.8, 4) is 5.75 Å². The highest BCUT2D eigenvalue weighted by Gasteiger charge is 2.13. The van der Waals surface area contributed by atoms with Gasteiger partial charge in [-0.15, -0.1) is 0 Å². The Labute approximate surface area is 144 Å². The molecular formula is C19H24N2OS. The number of hydrogen-bond donors (Lipinski definition) is 2. The van der Waals surface area contributed by atoms with Crippen LogP contribution in [0.1, 0.15) is 35.2 Å². The van der Waals surface area contributed by atoms with Crippen LogP contribution in [-0.4, -0.2) is 12.2 Å². The summed E-state index contributed by atoms with van der Waals surface area (Å²) in [5.41, 5.74) is 5.80. The van der Waals surface area contributed by atoms with E-state index in [4.69, 9.17) is 17.0 Å². The average molecular weight is 328 g/mol. The number of methoxy groups -OCH3 is 1. The summed E-state index contributed by atoms with van der Waals surface area (Å²) in [6, 6.07) is 12.4. The molecule has 4 heteroatoms. The molecule has 0 aliphatic heterocycles. The summed E-state index contributed by atoms with van der Waals surface area (Å²) < 4.78 is 5.45. The summed E-state index contributed by atoms with van der Waals surface area (Å²) in [6.45, 7) is 8.34. The van der Waals surface area contributed by atoms with Gasteiger partial charge in [0, 0.05) is 11.3 Å². The third-order valence-electron chi connectivity index (χ3n) is 3.96. The summed E-state index contributed by atoms with van der Waals surface area (Å²) in [5, 5.41) is 7.16. The minimum atomic E-state index is 0.0522. The fraction of sp³-hybridized carbons (Fsp3) is 0.316. The fourth-order valence-corrected chi connectivity index (χ4v) is 2.75. The molecule has 0 spiro atoms. The lowest BCUT2D eigenvalue weighted by atomic mass is 10.0. The average Bonchev–Trinajstić information content (AvgIpc) is 2.50. The van der Waals surface area contributed by atoms with Gasteiger partial charge in [-0.25, -0.2) is 0 Å². The normalized spacial score (nSPS) is 11.7. The predicted molar refractivity (Wildman–Crippen MR) is 101 cm³/mol. The number of rotatable bonds is 4. The van der Waals surface area contributed by atoms with E-state index in [1.54, 1.807) is 7.11 Å². The maximum atomic E-state index is 5.45.